The van der Waals surface area contributed by atoms with Crippen molar-refractivity contribution in [1.29, 1.82) is 0 Å². The number of hydrogen-bond acceptors (Lipinski definition) is 3. The molecule has 0 saturated carbocycles. The molecule has 0 N–H and O–H groups in total. The fourth-order valence-electron chi connectivity index (χ4n) is 1.24. The number of nitrogens with zero attached hydrogens (tertiary/aromatic N) is 3. The van der Waals surface area contributed by atoms with Gasteiger partial charge >= 0.3 is 0 Å². The van der Waals surface area contributed by atoms with E-state index in [0.717, 1.165) is 10.9 Å². The van der Waals surface area contributed by atoms with Gasteiger partial charge < -0.3 is 0 Å². The van der Waals surface area contributed by atoms with Gasteiger partial charge in [0.25, 0.3) is 5.69 Å². The summed E-state index contributed by atoms with van der Waals surface area (Å²) in [5.41, 5.74) is 0.735. The molecule has 1 aromatic heterocycles. The number of rotatable bonds is 2. The first-order chi connectivity index (χ1) is 7.13. The Morgan fingerprint density at radius 2 is 2.33 bits per heavy atom. The van der Waals surface area contributed by atoms with Crippen LogP contribution in [0.2, 0.25) is 5.02 Å². The Morgan fingerprint density at radius 1 is 1.60 bits per heavy atom. The zero-order valence-electron chi connectivity index (χ0n) is 7.15. The fraction of sp³-hybridized carbons (Fsp3) is 0. The van der Waals surface area contributed by atoms with Crippen LogP contribution in [-0.4, -0.2) is 14.5 Å². The van der Waals surface area contributed by atoms with Gasteiger partial charge in [-0.2, -0.15) is 5.10 Å². The molecule has 0 bridgehead atoms. The highest BCUT2D eigenvalue weighted by Gasteiger charge is 2.15. The topological polar surface area (TPSA) is 61.0 Å². The summed E-state index contributed by atoms with van der Waals surface area (Å²) in [6.45, 7) is 0. The molecular formula is C7H4ClIN3O2P. The van der Waals surface area contributed by atoms with Crippen molar-refractivity contribution in [3.63, 3.8) is 0 Å². The standard InChI is InChI=1S/C7H4ClIN3O2P/c8-5-2-6-4(1-7(5)12(13)14)3-10-11(6)15-9/h1-3,15H. The average Bonchev–Trinajstić information content (AvgIpc) is 2.58. The Bertz CT molecular complexity index is 544. The van der Waals surface area contributed by atoms with Crippen LogP contribution < -0.4 is 0 Å². The van der Waals surface area contributed by atoms with E-state index in [1.165, 1.54) is 6.07 Å². The van der Waals surface area contributed by atoms with E-state index in [4.69, 9.17) is 11.6 Å². The van der Waals surface area contributed by atoms with Gasteiger partial charge in [0.15, 0.2) is 0 Å². The van der Waals surface area contributed by atoms with E-state index in [0.29, 0.717) is 6.37 Å². The molecule has 1 atom stereocenters. The highest BCUT2D eigenvalue weighted by Crippen LogP contribution is 2.34. The zero-order valence-corrected chi connectivity index (χ0v) is 11.1. The number of halogens is 2. The van der Waals surface area contributed by atoms with Gasteiger partial charge in [-0.15, -0.1) is 0 Å². The lowest BCUT2D eigenvalue weighted by Gasteiger charge is -1.98. The smallest absolute Gasteiger partial charge is 0.258 e. The maximum atomic E-state index is 10.6. The lowest BCUT2D eigenvalue weighted by Crippen LogP contribution is -1.89. The number of hydrogen-bond donors (Lipinski definition) is 0. The van der Waals surface area contributed by atoms with E-state index in [2.05, 4.69) is 27.1 Å². The SMILES string of the molecule is O=[N+]([O-])c1cc2cnn(PI)c2cc1Cl. The second kappa shape index (κ2) is 4.19. The van der Waals surface area contributed by atoms with Crippen LogP contribution in [-0.2, 0) is 0 Å². The molecule has 0 saturated heterocycles. The molecule has 78 valence electrons. The predicted octanol–water partition coefficient (Wildman–Crippen LogP) is 3.39. The van der Waals surface area contributed by atoms with Crippen LogP contribution >= 0.6 is 40.0 Å². The summed E-state index contributed by atoms with van der Waals surface area (Å²) in [6, 6.07) is 3.02. The minimum absolute atomic E-state index is 0.0829. The second-order valence-electron chi connectivity index (χ2n) is 2.76. The lowest BCUT2D eigenvalue weighted by atomic mass is 10.2. The van der Waals surface area contributed by atoms with E-state index in [1.54, 1.807) is 16.7 Å². The summed E-state index contributed by atoms with van der Waals surface area (Å²) in [5.74, 6) is 0. The first kappa shape index (κ1) is 11.0. The van der Waals surface area contributed by atoms with Gasteiger partial charge in [-0.3, -0.25) is 10.1 Å². The normalized spacial score (nSPS) is 11.6. The summed E-state index contributed by atoms with van der Waals surface area (Å²) in [6.07, 6.45) is 2.04. The van der Waals surface area contributed by atoms with Gasteiger partial charge in [-0.05, 0) is 28.1 Å². The van der Waals surface area contributed by atoms with Crippen LogP contribution in [0.3, 0.4) is 0 Å². The van der Waals surface area contributed by atoms with Gasteiger partial charge in [-0.25, -0.2) is 4.45 Å². The molecule has 2 rings (SSSR count). The first-order valence-electron chi connectivity index (χ1n) is 3.82. The number of nitro groups is 1. The van der Waals surface area contributed by atoms with Gasteiger partial charge in [0, 0.05) is 11.5 Å². The molecule has 0 spiro atoms. The molecular weight excluding hydrogens is 351 g/mol. The third kappa shape index (κ3) is 1.93. The molecule has 0 fully saturated rings. The van der Waals surface area contributed by atoms with Crippen molar-refractivity contribution in [2.75, 3.05) is 0 Å². The number of nitro benzene ring substituents is 1. The molecule has 0 aliphatic carbocycles. The molecule has 15 heavy (non-hydrogen) atoms. The third-order valence-electron chi connectivity index (χ3n) is 1.91. The molecule has 2 aromatic rings. The minimum Gasteiger partial charge on any atom is -0.258 e. The number of fused-ring (bicyclic) bond motifs is 1. The van der Waals surface area contributed by atoms with E-state index in [-0.39, 0.29) is 10.7 Å². The third-order valence-corrected chi connectivity index (χ3v) is 4.10. The molecule has 8 heteroatoms. The number of aromatic nitrogens is 2. The number of benzene rings is 1. The van der Waals surface area contributed by atoms with Crippen molar-refractivity contribution in [3.8, 4) is 0 Å². The van der Waals surface area contributed by atoms with Crippen LogP contribution in [0, 0.1) is 10.1 Å². The molecule has 0 amide bonds. The molecule has 1 aromatic carbocycles. The molecule has 1 heterocycles. The average molecular weight is 355 g/mol. The van der Waals surface area contributed by atoms with Gasteiger partial charge in [-0.1, -0.05) is 11.6 Å². The Balaban J connectivity index is 2.72. The van der Waals surface area contributed by atoms with Crippen LogP contribution in [0.5, 0.6) is 0 Å². The summed E-state index contributed by atoms with van der Waals surface area (Å²) >= 11 is 7.99. The maximum Gasteiger partial charge on any atom is 0.288 e. The summed E-state index contributed by atoms with van der Waals surface area (Å²) in [4.78, 5) is 10.1. The lowest BCUT2D eigenvalue weighted by molar-refractivity contribution is -0.384. The van der Waals surface area contributed by atoms with Crippen LogP contribution in [0.25, 0.3) is 10.9 Å². The summed E-state index contributed by atoms with van der Waals surface area (Å²) < 4.78 is 1.76. The molecule has 0 radical (unpaired) electrons. The van der Waals surface area contributed by atoms with Gasteiger partial charge in [0.05, 0.1) is 23.0 Å². The monoisotopic (exact) mass is 355 g/mol. The molecule has 5 nitrogen and oxygen atoms in total. The van der Waals surface area contributed by atoms with Crippen molar-refractivity contribution in [1.82, 2.24) is 9.55 Å². The van der Waals surface area contributed by atoms with E-state index >= 15 is 0 Å². The van der Waals surface area contributed by atoms with E-state index in [1.807, 2.05) is 0 Å². The predicted molar refractivity (Wildman–Crippen MR) is 69.1 cm³/mol. The fourth-order valence-corrected chi connectivity index (χ4v) is 3.01. The maximum absolute atomic E-state index is 10.6. The van der Waals surface area contributed by atoms with Crippen molar-refractivity contribution in [2.24, 2.45) is 0 Å². The van der Waals surface area contributed by atoms with Gasteiger partial charge in [0.2, 0.25) is 0 Å². The van der Waals surface area contributed by atoms with Crippen LogP contribution in [0.4, 0.5) is 5.69 Å². The van der Waals surface area contributed by atoms with Gasteiger partial charge in [0.1, 0.15) is 5.02 Å². The highest BCUT2D eigenvalue weighted by molar-refractivity contribution is 14.2. The molecule has 0 aliphatic heterocycles. The largest absolute Gasteiger partial charge is 0.288 e. The van der Waals surface area contributed by atoms with Crippen molar-refractivity contribution in [3.05, 3.63) is 33.5 Å². The summed E-state index contributed by atoms with van der Waals surface area (Å²) in [5, 5.41) is 15.6. The molecule has 1 unspecified atom stereocenters. The molecule has 0 aliphatic rings. The van der Waals surface area contributed by atoms with Crippen LogP contribution in [0.15, 0.2) is 18.3 Å². The Hall–Kier alpha value is -0.460. The van der Waals surface area contributed by atoms with Crippen molar-refractivity contribution < 1.29 is 4.92 Å². The quantitative estimate of drug-likeness (QED) is 0.359. The minimum atomic E-state index is -0.495. The van der Waals surface area contributed by atoms with E-state index < -0.39 is 4.92 Å². The highest BCUT2D eigenvalue weighted by atomic mass is 127. The Morgan fingerprint density at radius 3 is 2.93 bits per heavy atom. The second-order valence-corrected chi connectivity index (χ2v) is 5.21. The van der Waals surface area contributed by atoms with E-state index in [9.17, 15) is 10.1 Å². The zero-order chi connectivity index (χ0) is 11.0. The van der Waals surface area contributed by atoms with Crippen molar-refractivity contribution >= 4 is 56.6 Å². The van der Waals surface area contributed by atoms with Crippen molar-refractivity contribution in [2.45, 2.75) is 0 Å². The Labute approximate surface area is 104 Å². The first-order valence-corrected chi connectivity index (χ1v) is 8.25. The Kier molecular flexibility index (Phi) is 3.08. The van der Waals surface area contributed by atoms with Crippen LogP contribution in [0.1, 0.15) is 0 Å². The summed E-state index contributed by atoms with van der Waals surface area (Å²) in [7, 11) is 0.